The Bertz CT molecular complexity index is 288. The molecule has 0 radical (unpaired) electrons. The number of amides is 1. The first-order valence-corrected chi connectivity index (χ1v) is 6.51. The summed E-state index contributed by atoms with van der Waals surface area (Å²) in [6.07, 6.45) is 1.01. The minimum Gasteiger partial charge on any atom is -0.480 e. The number of rotatable bonds is 6. The molecule has 0 aromatic rings. The van der Waals surface area contributed by atoms with Crippen molar-refractivity contribution in [3.63, 3.8) is 0 Å². The molecular weight excluding hydrogens is 234 g/mol. The summed E-state index contributed by atoms with van der Waals surface area (Å²) >= 11 is 0. The van der Waals surface area contributed by atoms with Crippen molar-refractivity contribution in [3.05, 3.63) is 0 Å². The average Bonchev–Trinajstić information content (AvgIpc) is 2.38. The van der Waals surface area contributed by atoms with Crippen molar-refractivity contribution in [3.8, 4) is 0 Å². The van der Waals surface area contributed by atoms with Crippen molar-refractivity contribution >= 4 is 11.9 Å². The highest BCUT2D eigenvalue weighted by molar-refractivity contribution is 5.78. The van der Waals surface area contributed by atoms with Gasteiger partial charge in [-0.15, -0.1) is 0 Å². The van der Waals surface area contributed by atoms with Gasteiger partial charge in [-0.25, -0.2) is 0 Å². The van der Waals surface area contributed by atoms with Gasteiger partial charge in [-0.1, -0.05) is 6.92 Å². The number of hydrogen-bond donors (Lipinski definition) is 2. The van der Waals surface area contributed by atoms with Crippen molar-refractivity contribution < 1.29 is 14.7 Å². The van der Waals surface area contributed by atoms with Gasteiger partial charge in [0, 0.05) is 26.2 Å². The molecule has 1 unspecified atom stereocenters. The number of carboxylic acids is 1. The molecule has 1 heterocycles. The maximum atomic E-state index is 11.8. The predicted octanol–water partition coefficient (Wildman–Crippen LogP) is -0.397. The number of hydrogen-bond acceptors (Lipinski definition) is 4. The molecule has 1 saturated heterocycles. The molecule has 1 atom stereocenters. The van der Waals surface area contributed by atoms with Gasteiger partial charge in [0.15, 0.2) is 0 Å². The molecule has 2 N–H and O–H groups in total. The SMILES string of the molecule is CCCNCC(=O)N1CCN(C(C)C(=O)O)CC1. The fourth-order valence-electron chi connectivity index (χ4n) is 2.00. The van der Waals surface area contributed by atoms with E-state index in [0.29, 0.717) is 32.7 Å². The maximum absolute atomic E-state index is 11.8. The largest absolute Gasteiger partial charge is 0.480 e. The monoisotopic (exact) mass is 257 g/mol. The lowest BCUT2D eigenvalue weighted by Gasteiger charge is -2.36. The van der Waals surface area contributed by atoms with Crippen LogP contribution in [0.4, 0.5) is 0 Å². The second-order valence-electron chi connectivity index (χ2n) is 4.61. The number of nitrogens with zero attached hydrogens (tertiary/aromatic N) is 2. The highest BCUT2D eigenvalue weighted by atomic mass is 16.4. The molecule has 18 heavy (non-hydrogen) atoms. The highest BCUT2D eigenvalue weighted by Gasteiger charge is 2.26. The van der Waals surface area contributed by atoms with Crippen LogP contribution >= 0.6 is 0 Å². The van der Waals surface area contributed by atoms with E-state index in [1.165, 1.54) is 0 Å². The van der Waals surface area contributed by atoms with Crippen LogP contribution in [-0.2, 0) is 9.59 Å². The van der Waals surface area contributed by atoms with E-state index in [1.54, 1.807) is 11.8 Å². The van der Waals surface area contributed by atoms with Crippen LogP contribution in [0.2, 0.25) is 0 Å². The molecule has 6 nitrogen and oxygen atoms in total. The van der Waals surface area contributed by atoms with E-state index < -0.39 is 12.0 Å². The smallest absolute Gasteiger partial charge is 0.320 e. The lowest BCUT2D eigenvalue weighted by atomic mass is 10.2. The Hall–Kier alpha value is -1.14. The van der Waals surface area contributed by atoms with E-state index in [2.05, 4.69) is 12.2 Å². The first-order chi connectivity index (χ1) is 8.56. The number of nitrogens with one attached hydrogen (secondary N) is 1. The molecule has 0 spiro atoms. The Kier molecular flexibility index (Phi) is 6.07. The molecule has 6 heteroatoms. The summed E-state index contributed by atoms with van der Waals surface area (Å²) in [5.74, 6) is -0.703. The van der Waals surface area contributed by atoms with E-state index in [4.69, 9.17) is 5.11 Å². The van der Waals surface area contributed by atoms with Crippen molar-refractivity contribution in [2.24, 2.45) is 0 Å². The third-order valence-corrected chi connectivity index (χ3v) is 3.28. The van der Waals surface area contributed by atoms with Gasteiger partial charge in [-0.3, -0.25) is 14.5 Å². The van der Waals surface area contributed by atoms with Crippen LogP contribution in [0.1, 0.15) is 20.3 Å². The summed E-state index contributed by atoms with van der Waals surface area (Å²) < 4.78 is 0. The van der Waals surface area contributed by atoms with E-state index in [9.17, 15) is 9.59 Å². The summed E-state index contributed by atoms with van der Waals surface area (Å²) in [6.45, 7) is 7.46. The molecule has 0 aromatic carbocycles. The fraction of sp³-hybridized carbons (Fsp3) is 0.833. The lowest BCUT2D eigenvalue weighted by molar-refractivity contribution is -0.143. The molecule has 1 fully saturated rings. The van der Waals surface area contributed by atoms with Crippen molar-refractivity contribution in [2.45, 2.75) is 26.3 Å². The number of carbonyl (C=O) groups is 2. The summed E-state index contributed by atoms with van der Waals surface area (Å²) in [6, 6.07) is -0.472. The third kappa shape index (κ3) is 4.27. The first-order valence-electron chi connectivity index (χ1n) is 6.51. The number of aliphatic carboxylic acids is 1. The van der Waals surface area contributed by atoms with E-state index in [1.807, 2.05) is 4.90 Å². The zero-order valence-electron chi connectivity index (χ0n) is 11.2. The normalized spacial score (nSPS) is 18.7. The van der Waals surface area contributed by atoms with Crippen molar-refractivity contribution in [1.29, 1.82) is 0 Å². The van der Waals surface area contributed by atoms with Crippen molar-refractivity contribution in [2.75, 3.05) is 39.3 Å². The van der Waals surface area contributed by atoms with Gasteiger partial charge in [-0.05, 0) is 19.9 Å². The molecular formula is C12H23N3O3. The molecule has 0 aliphatic carbocycles. The van der Waals surface area contributed by atoms with E-state index >= 15 is 0 Å². The van der Waals surface area contributed by atoms with Crippen LogP contribution in [0.5, 0.6) is 0 Å². The molecule has 1 aliphatic heterocycles. The number of carbonyl (C=O) groups excluding carboxylic acids is 1. The van der Waals surface area contributed by atoms with Crippen LogP contribution in [0, 0.1) is 0 Å². The second kappa shape index (κ2) is 7.33. The Morgan fingerprint density at radius 2 is 1.89 bits per heavy atom. The number of piperazine rings is 1. The van der Waals surface area contributed by atoms with Gasteiger partial charge >= 0.3 is 5.97 Å². The molecule has 0 saturated carbocycles. The van der Waals surface area contributed by atoms with E-state index in [0.717, 1.165) is 13.0 Å². The summed E-state index contributed by atoms with van der Waals surface area (Å²) in [5.41, 5.74) is 0. The highest BCUT2D eigenvalue weighted by Crippen LogP contribution is 2.06. The van der Waals surface area contributed by atoms with Gasteiger partial charge in [0.25, 0.3) is 0 Å². The minimum atomic E-state index is -0.806. The minimum absolute atomic E-state index is 0.103. The van der Waals surface area contributed by atoms with Crippen LogP contribution in [0.25, 0.3) is 0 Å². The van der Waals surface area contributed by atoms with Gasteiger partial charge in [-0.2, -0.15) is 0 Å². The van der Waals surface area contributed by atoms with Gasteiger partial charge in [0.05, 0.1) is 6.54 Å². The lowest BCUT2D eigenvalue weighted by Crippen LogP contribution is -2.54. The molecule has 1 rings (SSSR count). The molecule has 0 bridgehead atoms. The van der Waals surface area contributed by atoms with Crippen LogP contribution in [0.3, 0.4) is 0 Å². The Labute approximate surface area is 108 Å². The quantitative estimate of drug-likeness (QED) is 0.634. The maximum Gasteiger partial charge on any atom is 0.320 e. The summed E-state index contributed by atoms with van der Waals surface area (Å²) in [5, 5.41) is 12.0. The second-order valence-corrected chi connectivity index (χ2v) is 4.61. The Balaban J connectivity index is 2.30. The zero-order chi connectivity index (χ0) is 13.5. The molecule has 0 aromatic heterocycles. The first kappa shape index (κ1) is 14.9. The number of carboxylic acid groups (broad SMARTS) is 1. The van der Waals surface area contributed by atoms with E-state index in [-0.39, 0.29) is 5.91 Å². The molecule has 1 amide bonds. The Morgan fingerprint density at radius 1 is 1.28 bits per heavy atom. The van der Waals surface area contributed by atoms with Gasteiger partial charge in [0.2, 0.25) is 5.91 Å². The predicted molar refractivity (Wildman–Crippen MR) is 68.4 cm³/mol. The van der Waals surface area contributed by atoms with Crippen molar-refractivity contribution in [1.82, 2.24) is 15.1 Å². The third-order valence-electron chi connectivity index (χ3n) is 3.28. The summed E-state index contributed by atoms with van der Waals surface area (Å²) in [7, 11) is 0. The van der Waals surface area contributed by atoms with Crippen LogP contribution in [0.15, 0.2) is 0 Å². The van der Waals surface area contributed by atoms with Crippen LogP contribution < -0.4 is 5.32 Å². The standard InChI is InChI=1S/C12H23N3O3/c1-3-4-13-9-11(16)15-7-5-14(6-8-15)10(2)12(17)18/h10,13H,3-9H2,1-2H3,(H,17,18). The fourth-order valence-corrected chi connectivity index (χ4v) is 2.00. The van der Waals surface area contributed by atoms with Gasteiger partial charge < -0.3 is 15.3 Å². The van der Waals surface area contributed by atoms with Crippen LogP contribution in [-0.4, -0.2) is 72.1 Å². The molecule has 1 aliphatic rings. The Morgan fingerprint density at radius 3 is 2.39 bits per heavy atom. The summed E-state index contributed by atoms with van der Waals surface area (Å²) in [4.78, 5) is 26.4. The topological polar surface area (TPSA) is 72.9 Å². The zero-order valence-corrected chi connectivity index (χ0v) is 11.2. The average molecular weight is 257 g/mol. The van der Waals surface area contributed by atoms with Gasteiger partial charge in [0.1, 0.15) is 6.04 Å². The molecule has 104 valence electrons.